The van der Waals surface area contributed by atoms with Crippen molar-refractivity contribution in [2.75, 3.05) is 0 Å². The van der Waals surface area contributed by atoms with Crippen molar-refractivity contribution in [3.05, 3.63) is 58.6 Å². The first-order valence-electron chi connectivity index (χ1n) is 5.91. The van der Waals surface area contributed by atoms with Crippen molar-refractivity contribution < 1.29 is 14.8 Å². The Bertz CT molecular complexity index is 558. The third-order valence-electron chi connectivity index (χ3n) is 2.82. The van der Waals surface area contributed by atoms with Gasteiger partial charge in [0.2, 0.25) is 0 Å². The first kappa shape index (κ1) is 13.9. The summed E-state index contributed by atoms with van der Waals surface area (Å²) in [6, 6.07) is 12.9. The SMILES string of the molecule is Cc1ccc(B(O)O)c(OCc2ccccc2)c1Cl. The van der Waals surface area contributed by atoms with E-state index in [-0.39, 0.29) is 5.46 Å². The zero-order valence-corrected chi connectivity index (χ0v) is 11.3. The van der Waals surface area contributed by atoms with Crippen LogP contribution in [0.3, 0.4) is 0 Å². The zero-order chi connectivity index (χ0) is 13.8. The fourth-order valence-corrected chi connectivity index (χ4v) is 1.98. The molecule has 2 rings (SSSR count). The summed E-state index contributed by atoms with van der Waals surface area (Å²) in [5, 5.41) is 19.1. The van der Waals surface area contributed by atoms with Crippen LogP contribution >= 0.6 is 11.6 Å². The molecule has 0 saturated heterocycles. The van der Waals surface area contributed by atoms with Crippen LogP contribution in [-0.2, 0) is 6.61 Å². The van der Waals surface area contributed by atoms with Crippen molar-refractivity contribution in [3.8, 4) is 5.75 Å². The van der Waals surface area contributed by atoms with Crippen LogP contribution in [0.15, 0.2) is 42.5 Å². The van der Waals surface area contributed by atoms with Gasteiger partial charge >= 0.3 is 7.12 Å². The Hall–Kier alpha value is -1.49. The molecule has 2 aromatic rings. The normalized spacial score (nSPS) is 10.3. The molecule has 0 saturated carbocycles. The Morgan fingerprint density at radius 1 is 1.11 bits per heavy atom. The maximum Gasteiger partial charge on any atom is 0.492 e. The molecule has 5 heteroatoms. The number of ether oxygens (including phenoxy) is 1. The summed E-state index contributed by atoms with van der Waals surface area (Å²) in [6.45, 7) is 2.16. The van der Waals surface area contributed by atoms with Crippen molar-refractivity contribution in [1.82, 2.24) is 0 Å². The third-order valence-corrected chi connectivity index (χ3v) is 3.29. The van der Waals surface area contributed by atoms with Crippen LogP contribution < -0.4 is 10.2 Å². The van der Waals surface area contributed by atoms with E-state index in [1.807, 2.05) is 37.3 Å². The lowest BCUT2D eigenvalue weighted by Crippen LogP contribution is -2.31. The number of aryl methyl sites for hydroxylation is 1. The highest BCUT2D eigenvalue weighted by molar-refractivity contribution is 6.60. The number of halogens is 1. The summed E-state index contributed by atoms with van der Waals surface area (Å²) >= 11 is 6.16. The Morgan fingerprint density at radius 2 is 1.79 bits per heavy atom. The minimum absolute atomic E-state index is 0.270. The van der Waals surface area contributed by atoms with E-state index in [0.717, 1.165) is 11.1 Å². The second-order valence-electron chi connectivity index (χ2n) is 4.26. The predicted molar refractivity (Wildman–Crippen MR) is 76.8 cm³/mol. The van der Waals surface area contributed by atoms with Crippen molar-refractivity contribution in [3.63, 3.8) is 0 Å². The molecule has 0 aromatic heterocycles. The summed E-state index contributed by atoms with van der Waals surface area (Å²) in [5.41, 5.74) is 2.08. The minimum atomic E-state index is -1.61. The monoisotopic (exact) mass is 276 g/mol. The number of benzene rings is 2. The molecular weight excluding hydrogens is 262 g/mol. The predicted octanol–water partition coefficient (Wildman–Crippen LogP) is 1.91. The van der Waals surface area contributed by atoms with Crippen LogP contribution in [0.1, 0.15) is 11.1 Å². The summed E-state index contributed by atoms with van der Waals surface area (Å²) in [6.07, 6.45) is 0. The van der Waals surface area contributed by atoms with E-state index < -0.39 is 7.12 Å². The Labute approximate surface area is 117 Å². The fraction of sp³-hybridized carbons (Fsp3) is 0.143. The minimum Gasteiger partial charge on any atom is -0.488 e. The van der Waals surface area contributed by atoms with E-state index >= 15 is 0 Å². The molecule has 19 heavy (non-hydrogen) atoms. The topological polar surface area (TPSA) is 49.7 Å². The van der Waals surface area contributed by atoms with Gasteiger partial charge in [0, 0.05) is 5.46 Å². The van der Waals surface area contributed by atoms with Gasteiger partial charge < -0.3 is 14.8 Å². The number of hydrogen-bond donors (Lipinski definition) is 2. The molecule has 0 spiro atoms. The first-order chi connectivity index (χ1) is 9.09. The van der Waals surface area contributed by atoms with E-state index in [1.54, 1.807) is 12.1 Å². The maximum atomic E-state index is 9.33. The molecule has 0 bridgehead atoms. The van der Waals surface area contributed by atoms with Crippen molar-refractivity contribution >= 4 is 24.2 Å². The van der Waals surface area contributed by atoms with Gasteiger partial charge in [-0.3, -0.25) is 0 Å². The molecule has 0 unspecified atom stereocenters. The molecule has 0 aliphatic rings. The molecule has 0 fully saturated rings. The molecule has 0 aliphatic carbocycles. The summed E-state index contributed by atoms with van der Waals surface area (Å²) in [7, 11) is -1.61. The molecule has 0 atom stereocenters. The Balaban J connectivity index is 2.26. The van der Waals surface area contributed by atoms with E-state index in [0.29, 0.717) is 17.4 Å². The van der Waals surface area contributed by atoms with Gasteiger partial charge in [0.05, 0.1) is 5.02 Å². The van der Waals surface area contributed by atoms with E-state index in [1.165, 1.54) is 0 Å². The van der Waals surface area contributed by atoms with E-state index in [9.17, 15) is 10.0 Å². The molecule has 2 N–H and O–H groups in total. The Kier molecular flexibility index (Phi) is 4.48. The van der Waals surface area contributed by atoms with Gasteiger partial charge in [0.15, 0.2) is 0 Å². The van der Waals surface area contributed by atoms with Crippen molar-refractivity contribution in [2.45, 2.75) is 13.5 Å². The summed E-state index contributed by atoms with van der Waals surface area (Å²) in [5.74, 6) is 0.320. The summed E-state index contributed by atoms with van der Waals surface area (Å²) in [4.78, 5) is 0. The average Bonchev–Trinajstić information content (AvgIpc) is 2.41. The quantitative estimate of drug-likeness (QED) is 0.839. The van der Waals surface area contributed by atoms with Gasteiger partial charge in [-0.1, -0.05) is 54.1 Å². The van der Waals surface area contributed by atoms with Gasteiger partial charge in [0.1, 0.15) is 12.4 Å². The van der Waals surface area contributed by atoms with E-state index in [2.05, 4.69) is 0 Å². The second-order valence-corrected chi connectivity index (χ2v) is 4.64. The molecule has 98 valence electrons. The molecule has 0 heterocycles. The van der Waals surface area contributed by atoms with Gasteiger partial charge in [-0.2, -0.15) is 0 Å². The smallest absolute Gasteiger partial charge is 0.488 e. The second kappa shape index (κ2) is 6.11. The van der Waals surface area contributed by atoms with Gasteiger partial charge in [-0.05, 0) is 18.1 Å². The molecular formula is C14H14BClO3. The molecule has 0 aliphatic heterocycles. The highest BCUT2D eigenvalue weighted by Crippen LogP contribution is 2.27. The molecule has 0 amide bonds. The number of rotatable bonds is 4. The lowest BCUT2D eigenvalue weighted by atomic mass is 9.79. The Morgan fingerprint density at radius 3 is 2.42 bits per heavy atom. The van der Waals surface area contributed by atoms with Crippen LogP contribution in [0.25, 0.3) is 0 Å². The zero-order valence-electron chi connectivity index (χ0n) is 10.5. The van der Waals surface area contributed by atoms with Gasteiger partial charge in [0.25, 0.3) is 0 Å². The van der Waals surface area contributed by atoms with Crippen LogP contribution in [0, 0.1) is 6.92 Å². The van der Waals surface area contributed by atoms with Crippen LogP contribution in [0.5, 0.6) is 5.75 Å². The van der Waals surface area contributed by atoms with Gasteiger partial charge in [-0.25, -0.2) is 0 Å². The van der Waals surface area contributed by atoms with Crippen molar-refractivity contribution in [1.29, 1.82) is 0 Å². The fourth-order valence-electron chi connectivity index (χ4n) is 1.75. The standard InChI is InChI=1S/C14H14BClO3/c1-10-7-8-12(15(17)18)14(13(10)16)19-9-11-5-3-2-4-6-11/h2-8,17-18H,9H2,1H3. The van der Waals surface area contributed by atoms with Crippen LogP contribution in [-0.4, -0.2) is 17.2 Å². The lowest BCUT2D eigenvalue weighted by molar-refractivity contribution is 0.306. The van der Waals surface area contributed by atoms with Gasteiger partial charge in [-0.15, -0.1) is 0 Å². The largest absolute Gasteiger partial charge is 0.492 e. The lowest BCUT2D eigenvalue weighted by Gasteiger charge is -2.14. The molecule has 3 nitrogen and oxygen atoms in total. The molecule has 0 radical (unpaired) electrons. The summed E-state index contributed by atoms with van der Waals surface area (Å²) < 4.78 is 5.64. The van der Waals surface area contributed by atoms with Crippen LogP contribution in [0.2, 0.25) is 5.02 Å². The number of hydrogen-bond acceptors (Lipinski definition) is 3. The van der Waals surface area contributed by atoms with Crippen LogP contribution in [0.4, 0.5) is 0 Å². The highest BCUT2D eigenvalue weighted by atomic mass is 35.5. The third kappa shape index (κ3) is 3.29. The highest BCUT2D eigenvalue weighted by Gasteiger charge is 2.20. The molecule has 2 aromatic carbocycles. The van der Waals surface area contributed by atoms with Crippen molar-refractivity contribution in [2.24, 2.45) is 0 Å². The van der Waals surface area contributed by atoms with E-state index in [4.69, 9.17) is 16.3 Å². The first-order valence-corrected chi connectivity index (χ1v) is 6.29. The average molecular weight is 277 g/mol. The maximum absolute atomic E-state index is 9.33.